The quantitative estimate of drug-likeness (QED) is 0.797. The van der Waals surface area contributed by atoms with Crippen LogP contribution in [0.5, 0.6) is 0 Å². The molecule has 21 heavy (non-hydrogen) atoms. The predicted molar refractivity (Wildman–Crippen MR) is 83.0 cm³/mol. The highest BCUT2D eigenvalue weighted by Gasteiger charge is 2.29. The van der Waals surface area contributed by atoms with Gasteiger partial charge in [0.05, 0.1) is 19.1 Å². The van der Waals surface area contributed by atoms with E-state index in [9.17, 15) is 4.79 Å². The lowest BCUT2D eigenvalue weighted by Crippen LogP contribution is -2.44. The number of nitrogens with zero attached hydrogens (tertiary/aromatic N) is 3. The van der Waals surface area contributed by atoms with Gasteiger partial charge in [0.2, 0.25) is 0 Å². The van der Waals surface area contributed by atoms with E-state index >= 15 is 0 Å². The number of carbonyl (C=O) groups excluding carboxylic acids is 1. The van der Waals surface area contributed by atoms with Crippen molar-refractivity contribution in [3.63, 3.8) is 0 Å². The minimum Gasteiger partial charge on any atom is -0.468 e. The number of hydrogen-bond donors (Lipinski definition) is 0. The Bertz CT molecular complexity index is 655. The third-order valence-electron chi connectivity index (χ3n) is 3.96. The zero-order valence-electron chi connectivity index (χ0n) is 12.0. The van der Waals surface area contributed by atoms with E-state index in [1.807, 2.05) is 16.9 Å². The van der Waals surface area contributed by atoms with E-state index < -0.39 is 0 Å². The van der Waals surface area contributed by atoms with Crippen LogP contribution in [0, 0.1) is 0 Å². The van der Waals surface area contributed by atoms with E-state index in [0.717, 1.165) is 41.5 Å². The first-order valence-corrected chi connectivity index (χ1v) is 7.90. The smallest absolute Gasteiger partial charge is 0.323 e. The highest BCUT2D eigenvalue weighted by molar-refractivity contribution is 9.10. The van der Waals surface area contributed by atoms with Gasteiger partial charge in [-0.2, -0.15) is 0 Å². The van der Waals surface area contributed by atoms with E-state index in [2.05, 4.69) is 37.9 Å². The van der Waals surface area contributed by atoms with Crippen LogP contribution in [0.25, 0.3) is 5.52 Å². The number of hydrogen-bond acceptors (Lipinski definition) is 4. The second-order valence-corrected chi connectivity index (χ2v) is 6.29. The van der Waals surface area contributed by atoms with Gasteiger partial charge in [-0.3, -0.25) is 9.69 Å². The van der Waals surface area contributed by atoms with Gasteiger partial charge in [-0.05, 0) is 47.4 Å². The monoisotopic (exact) mass is 351 g/mol. The number of carbonyl (C=O) groups is 1. The maximum absolute atomic E-state index is 11.9. The van der Waals surface area contributed by atoms with Gasteiger partial charge in [0, 0.05) is 22.7 Å². The fourth-order valence-electron chi connectivity index (χ4n) is 2.90. The predicted octanol–water partition coefficient (Wildman–Crippen LogP) is 2.62. The number of fused-ring (bicyclic) bond motifs is 1. The number of likely N-dealkylation sites (tertiary alicyclic amines) is 1. The van der Waals surface area contributed by atoms with Crippen LogP contribution in [0.3, 0.4) is 0 Å². The average Bonchev–Trinajstić information content (AvgIpc) is 2.86. The Morgan fingerprint density at radius 2 is 2.33 bits per heavy atom. The molecule has 0 spiro atoms. The highest BCUT2D eigenvalue weighted by atomic mass is 79.9. The molecule has 0 N–H and O–H groups in total. The van der Waals surface area contributed by atoms with Gasteiger partial charge >= 0.3 is 5.97 Å². The van der Waals surface area contributed by atoms with Crippen molar-refractivity contribution in [3.8, 4) is 0 Å². The molecular weight excluding hydrogens is 334 g/mol. The van der Waals surface area contributed by atoms with Crippen molar-refractivity contribution in [1.82, 2.24) is 14.3 Å². The van der Waals surface area contributed by atoms with Crippen LogP contribution >= 0.6 is 15.9 Å². The molecule has 1 saturated heterocycles. The fraction of sp³-hybridized carbons (Fsp3) is 0.467. The largest absolute Gasteiger partial charge is 0.468 e. The number of aromatic nitrogens is 2. The summed E-state index contributed by atoms with van der Waals surface area (Å²) in [6, 6.07) is 3.98. The normalized spacial score (nSPS) is 19.8. The molecule has 0 aliphatic carbocycles. The van der Waals surface area contributed by atoms with Crippen LogP contribution in [0.1, 0.15) is 25.0 Å². The Hall–Kier alpha value is -1.40. The lowest BCUT2D eigenvalue weighted by Gasteiger charge is -2.33. The van der Waals surface area contributed by atoms with E-state index in [-0.39, 0.29) is 12.0 Å². The van der Waals surface area contributed by atoms with Gasteiger partial charge in [0.1, 0.15) is 6.04 Å². The number of piperidine rings is 1. The second kappa shape index (κ2) is 6.15. The SMILES string of the molecule is COC(=O)[C@@H]1CCCCN1Cc1cc2cc(Br)cn2cn1. The fourth-order valence-corrected chi connectivity index (χ4v) is 3.35. The molecule has 6 heteroatoms. The molecule has 0 unspecified atom stereocenters. The molecule has 1 fully saturated rings. The van der Waals surface area contributed by atoms with Gasteiger partial charge in [-0.25, -0.2) is 4.98 Å². The molecule has 3 rings (SSSR count). The lowest BCUT2D eigenvalue weighted by molar-refractivity contribution is -0.148. The Labute approximate surface area is 132 Å². The lowest BCUT2D eigenvalue weighted by atomic mass is 10.0. The molecule has 0 amide bonds. The molecule has 112 valence electrons. The summed E-state index contributed by atoms with van der Waals surface area (Å²) in [7, 11) is 1.46. The minimum absolute atomic E-state index is 0.138. The van der Waals surface area contributed by atoms with E-state index in [1.165, 1.54) is 7.11 Å². The Kier molecular flexibility index (Phi) is 4.26. The van der Waals surface area contributed by atoms with E-state index in [0.29, 0.717) is 6.54 Å². The van der Waals surface area contributed by atoms with Gasteiger partial charge in [-0.1, -0.05) is 6.42 Å². The molecule has 0 saturated carbocycles. The van der Waals surface area contributed by atoms with Crippen molar-refractivity contribution in [1.29, 1.82) is 0 Å². The van der Waals surface area contributed by atoms with Gasteiger partial charge in [0.25, 0.3) is 0 Å². The summed E-state index contributed by atoms with van der Waals surface area (Å²) >= 11 is 3.47. The van der Waals surface area contributed by atoms with Crippen molar-refractivity contribution in [3.05, 3.63) is 34.8 Å². The first kappa shape index (κ1) is 14.5. The van der Waals surface area contributed by atoms with Crippen LogP contribution in [0.4, 0.5) is 0 Å². The summed E-state index contributed by atoms with van der Waals surface area (Å²) < 4.78 is 7.93. The summed E-state index contributed by atoms with van der Waals surface area (Å²) in [5, 5.41) is 0. The Balaban J connectivity index is 1.80. The number of rotatable bonds is 3. The van der Waals surface area contributed by atoms with Gasteiger partial charge in [-0.15, -0.1) is 0 Å². The first-order chi connectivity index (χ1) is 10.2. The molecule has 0 radical (unpaired) electrons. The second-order valence-electron chi connectivity index (χ2n) is 5.38. The average molecular weight is 352 g/mol. The maximum Gasteiger partial charge on any atom is 0.323 e. The molecule has 3 heterocycles. The topological polar surface area (TPSA) is 46.8 Å². The highest BCUT2D eigenvalue weighted by Crippen LogP contribution is 2.21. The van der Waals surface area contributed by atoms with Crippen molar-refractivity contribution in [2.24, 2.45) is 0 Å². The van der Waals surface area contributed by atoms with Crippen molar-refractivity contribution < 1.29 is 9.53 Å². The molecule has 1 aliphatic rings. The van der Waals surface area contributed by atoms with Crippen molar-refractivity contribution >= 4 is 27.4 Å². The van der Waals surface area contributed by atoms with Crippen LogP contribution < -0.4 is 0 Å². The maximum atomic E-state index is 11.9. The summed E-state index contributed by atoms with van der Waals surface area (Å²) in [5.41, 5.74) is 2.07. The number of esters is 1. The van der Waals surface area contributed by atoms with Crippen LogP contribution in [-0.4, -0.2) is 40.0 Å². The number of ether oxygens (including phenoxy) is 1. The molecule has 2 aromatic rings. The minimum atomic E-state index is -0.139. The third-order valence-corrected chi connectivity index (χ3v) is 4.39. The molecule has 5 nitrogen and oxygen atoms in total. The Morgan fingerprint density at radius 3 is 3.14 bits per heavy atom. The van der Waals surface area contributed by atoms with Crippen molar-refractivity contribution in [2.45, 2.75) is 31.8 Å². The molecular formula is C15H18BrN3O2. The van der Waals surface area contributed by atoms with Crippen molar-refractivity contribution in [2.75, 3.05) is 13.7 Å². The Morgan fingerprint density at radius 1 is 1.48 bits per heavy atom. The third kappa shape index (κ3) is 3.11. The molecule has 1 aliphatic heterocycles. The number of halogens is 1. The van der Waals surface area contributed by atoms with Crippen LogP contribution in [0.2, 0.25) is 0 Å². The molecule has 2 aromatic heterocycles. The number of methoxy groups -OCH3 is 1. The molecule has 0 aromatic carbocycles. The van der Waals surface area contributed by atoms with Crippen LogP contribution in [-0.2, 0) is 16.1 Å². The zero-order valence-corrected chi connectivity index (χ0v) is 13.5. The van der Waals surface area contributed by atoms with E-state index in [4.69, 9.17) is 4.74 Å². The summed E-state index contributed by atoms with van der Waals surface area (Å²) in [6.07, 6.45) is 6.85. The standard InChI is InChI=1S/C15H18BrN3O2/c1-21-15(20)14-4-2-3-5-18(14)9-12-7-13-6-11(16)8-19(13)10-17-12/h6-8,10,14H,2-5,9H2,1H3/t14-/m0/s1. The molecule has 1 atom stereocenters. The van der Waals surface area contributed by atoms with Gasteiger partial charge in [0.15, 0.2) is 0 Å². The molecule has 0 bridgehead atoms. The van der Waals surface area contributed by atoms with Gasteiger partial charge < -0.3 is 9.14 Å². The summed E-state index contributed by atoms with van der Waals surface area (Å²) in [5.74, 6) is -0.138. The summed E-state index contributed by atoms with van der Waals surface area (Å²) in [6.45, 7) is 1.59. The zero-order chi connectivity index (χ0) is 14.8. The first-order valence-electron chi connectivity index (χ1n) is 7.11. The van der Waals surface area contributed by atoms with E-state index in [1.54, 1.807) is 0 Å². The van der Waals surface area contributed by atoms with Crippen LogP contribution in [0.15, 0.2) is 29.1 Å². The summed E-state index contributed by atoms with van der Waals surface area (Å²) in [4.78, 5) is 18.5.